The van der Waals surface area contributed by atoms with Crippen molar-refractivity contribution in [2.45, 2.75) is 6.54 Å². The van der Waals surface area contributed by atoms with Crippen LogP contribution >= 0.6 is 0 Å². The molecule has 0 spiro atoms. The van der Waals surface area contributed by atoms with Gasteiger partial charge in [0.2, 0.25) is 0 Å². The lowest BCUT2D eigenvalue weighted by Gasteiger charge is -2.15. The molecule has 1 aliphatic rings. The van der Waals surface area contributed by atoms with Gasteiger partial charge in [0, 0.05) is 7.05 Å². The van der Waals surface area contributed by atoms with Gasteiger partial charge in [-0.2, -0.15) is 0 Å². The summed E-state index contributed by atoms with van der Waals surface area (Å²) in [6, 6.07) is 4.13. The predicted octanol–water partition coefficient (Wildman–Crippen LogP) is 1.40. The lowest BCUT2D eigenvalue weighted by atomic mass is 10.1. The van der Waals surface area contributed by atoms with Gasteiger partial charge in [-0.05, 0) is 24.1 Å². The van der Waals surface area contributed by atoms with Crippen molar-refractivity contribution >= 4 is 11.9 Å². The van der Waals surface area contributed by atoms with Crippen molar-refractivity contribution in [2.75, 3.05) is 13.6 Å². The maximum Gasteiger partial charge on any atom is 0.327 e. The van der Waals surface area contributed by atoms with Crippen molar-refractivity contribution in [1.82, 2.24) is 9.80 Å². The van der Waals surface area contributed by atoms with E-state index in [4.69, 9.17) is 0 Å². The number of urea groups is 1. The molecule has 1 aromatic carbocycles. The summed E-state index contributed by atoms with van der Waals surface area (Å²) in [5.41, 5.74) is 0.768. The zero-order valence-corrected chi connectivity index (χ0v) is 9.44. The molecule has 17 heavy (non-hydrogen) atoms. The molecule has 1 aromatic rings. The van der Waals surface area contributed by atoms with E-state index in [1.807, 2.05) is 0 Å². The van der Waals surface area contributed by atoms with Gasteiger partial charge in [-0.15, -0.1) is 0 Å². The third kappa shape index (κ3) is 2.00. The maximum atomic E-state index is 13.3. The Morgan fingerprint density at radius 1 is 1.41 bits per heavy atom. The average Bonchev–Trinajstić information content (AvgIpc) is 2.51. The first-order chi connectivity index (χ1) is 8.00. The Balaban J connectivity index is 2.24. The third-order valence-electron chi connectivity index (χ3n) is 2.78. The third-order valence-corrected chi connectivity index (χ3v) is 2.78. The van der Waals surface area contributed by atoms with Crippen LogP contribution in [0.4, 0.5) is 9.18 Å². The normalized spacial score (nSPS) is 15.9. The van der Waals surface area contributed by atoms with E-state index in [0.29, 0.717) is 5.56 Å². The van der Waals surface area contributed by atoms with Crippen LogP contribution in [0.5, 0.6) is 0 Å². The topological polar surface area (TPSA) is 40.6 Å². The van der Waals surface area contributed by atoms with E-state index in [2.05, 4.69) is 6.92 Å². The van der Waals surface area contributed by atoms with Gasteiger partial charge in [0.25, 0.3) is 5.91 Å². The molecule has 1 fully saturated rings. The van der Waals surface area contributed by atoms with E-state index in [9.17, 15) is 14.0 Å². The second kappa shape index (κ2) is 4.16. The predicted molar refractivity (Wildman–Crippen MR) is 59.4 cm³/mol. The van der Waals surface area contributed by atoms with E-state index in [-0.39, 0.29) is 30.6 Å². The van der Waals surface area contributed by atoms with Crippen LogP contribution in [0.15, 0.2) is 18.2 Å². The van der Waals surface area contributed by atoms with Crippen LogP contribution in [0, 0.1) is 12.7 Å². The van der Waals surface area contributed by atoms with Crippen LogP contribution in [0.3, 0.4) is 0 Å². The maximum absolute atomic E-state index is 13.3. The van der Waals surface area contributed by atoms with Crippen molar-refractivity contribution in [2.24, 2.45) is 0 Å². The summed E-state index contributed by atoms with van der Waals surface area (Å²) in [6.07, 6.45) is 0. The molecular formula is C12H12FN2O2. The number of halogens is 1. The van der Waals surface area contributed by atoms with Crippen LogP contribution in [0.2, 0.25) is 0 Å². The molecule has 4 nitrogen and oxygen atoms in total. The Bertz CT molecular complexity index is 487. The van der Waals surface area contributed by atoms with E-state index in [0.717, 1.165) is 4.90 Å². The first-order valence-corrected chi connectivity index (χ1v) is 5.15. The van der Waals surface area contributed by atoms with Gasteiger partial charge in [-0.25, -0.2) is 9.18 Å². The molecule has 0 unspecified atom stereocenters. The van der Waals surface area contributed by atoms with Gasteiger partial charge < -0.3 is 4.90 Å². The minimum Gasteiger partial charge on any atom is -0.318 e. The minimum atomic E-state index is -0.435. The molecule has 2 rings (SSSR count). The number of nitrogens with zero attached hydrogens (tertiary/aromatic N) is 2. The number of amides is 3. The summed E-state index contributed by atoms with van der Waals surface area (Å²) in [5, 5.41) is 0. The molecule has 0 aromatic heterocycles. The van der Waals surface area contributed by atoms with E-state index >= 15 is 0 Å². The van der Waals surface area contributed by atoms with E-state index < -0.39 is 5.82 Å². The van der Waals surface area contributed by atoms with Crippen molar-refractivity contribution < 1.29 is 14.0 Å². The lowest BCUT2D eigenvalue weighted by Crippen LogP contribution is -2.31. The van der Waals surface area contributed by atoms with Gasteiger partial charge in [0.15, 0.2) is 0 Å². The molecule has 0 atom stereocenters. The number of benzene rings is 1. The second-order valence-electron chi connectivity index (χ2n) is 4.00. The van der Waals surface area contributed by atoms with Crippen LogP contribution < -0.4 is 0 Å². The highest BCUT2D eigenvalue weighted by Gasteiger charge is 2.33. The van der Waals surface area contributed by atoms with Crippen molar-refractivity contribution in [3.63, 3.8) is 0 Å². The lowest BCUT2D eigenvalue weighted by molar-refractivity contribution is -0.125. The zero-order chi connectivity index (χ0) is 12.6. The summed E-state index contributed by atoms with van der Waals surface area (Å²) < 4.78 is 13.3. The Kier molecular flexibility index (Phi) is 2.83. The number of hydrogen-bond donors (Lipinski definition) is 0. The Hall–Kier alpha value is -1.91. The molecule has 3 amide bonds. The highest BCUT2D eigenvalue weighted by molar-refractivity contribution is 6.01. The van der Waals surface area contributed by atoms with E-state index in [1.54, 1.807) is 13.1 Å². The largest absolute Gasteiger partial charge is 0.327 e. The van der Waals surface area contributed by atoms with E-state index in [1.165, 1.54) is 17.0 Å². The molecule has 0 N–H and O–H groups in total. The Labute approximate surface area is 98.6 Å². The van der Waals surface area contributed by atoms with Gasteiger partial charge in [0.05, 0.1) is 6.54 Å². The monoisotopic (exact) mass is 235 g/mol. The summed E-state index contributed by atoms with van der Waals surface area (Å²) in [5.74, 6) is -0.712. The molecule has 0 bridgehead atoms. The number of hydrogen-bond acceptors (Lipinski definition) is 2. The molecule has 1 saturated heterocycles. The number of likely N-dealkylation sites (N-methyl/N-ethyl adjacent to an activating group) is 1. The second-order valence-corrected chi connectivity index (χ2v) is 4.00. The molecule has 1 heterocycles. The molecule has 0 saturated carbocycles. The fourth-order valence-corrected chi connectivity index (χ4v) is 1.75. The molecule has 1 radical (unpaired) electrons. The van der Waals surface area contributed by atoms with Gasteiger partial charge in [0.1, 0.15) is 12.4 Å². The molecular weight excluding hydrogens is 223 g/mol. The fourth-order valence-electron chi connectivity index (χ4n) is 1.75. The van der Waals surface area contributed by atoms with Crippen molar-refractivity contribution in [1.29, 1.82) is 0 Å². The molecule has 5 heteroatoms. The zero-order valence-electron chi connectivity index (χ0n) is 9.44. The summed E-state index contributed by atoms with van der Waals surface area (Å²) in [6.45, 7) is 3.73. The smallest absolute Gasteiger partial charge is 0.318 e. The fraction of sp³-hybridized carbons (Fsp3) is 0.250. The first-order valence-electron chi connectivity index (χ1n) is 5.15. The molecule has 89 valence electrons. The summed E-state index contributed by atoms with van der Waals surface area (Å²) in [7, 11) is 1.55. The van der Waals surface area contributed by atoms with Crippen LogP contribution in [-0.4, -0.2) is 35.3 Å². The standard InChI is InChI=1S/C12H12FN2O2/c1-8-9(4-3-5-10(8)13)6-15-11(16)7-14(2)12(15)17/h3-5H,1,6-7H2,2H3. The quantitative estimate of drug-likeness (QED) is 0.727. The number of rotatable bonds is 2. The summed E-state index contributed by atoms with van der Waals surface area (Å²) in [4.78, 5) is 25.6. The van der Waals surface area contributed by atoms with Crippen LogP contribution in [0.1, 0.15) is 11.1 Å². The first kappa shape index (κ1) is 11.6. The Morgan fingerprint density at radius 2 is 2.12 bits per heavy atom. The molecule has 0 aliphatic carbocycles. The van der Waals surface area contributed by atoms with Gasteiger partial charge in [-0.1, -0.05) is 12.1 Å². The Morgan fingerprint density at radius 3 is 2.71 bits per heavy atom. The number of imide groups is 1. The summed E-state index contributed by atoms with van der Waals surface area (Å²) >= 11 is 0. The van der Waals surface area contributed by atoms with Crippen LogP contribution in [0.25, 0.3) is 0 Å². The number of carbonyl (C=O) groups is 2. The molecule has 1 aliphatic heterocycles. The average molecular weight is 235 g/mol. The highest BCUT2D eigenvalue weighted by atomic mass is 19.1. The number of carbonyl (C=O) groups excluding carboxylic acids is 2. The van der Waals surface area contributed by atoms with Gasteiger partial charge >= 0.3 is 6.03 Å². The minimum absolute atomic E-state index is 0.0681. The van der Waals surface area contributed by atoms with Crippen molar-refractivity contribution in [3.8, 4) is 0 Å². The van der Waals surface area contributed by atoms with Gasteiger partial charge in [-0.3, -0.25) is 9.69 Å². The SMILES string of the molecule is [CH2]c1c(F)cccc1CN1C(=O)CN(C)C1=O. The van der Waals surface area contributed by atoms with Crippen LogP contribution in [-0.2, 0) is 11.3 Å². The highest BCUT2D eigenvalue weighted by Crippen LogP contribution is 2.17. The van der Waals surface area contributed by atoms with Crippen molar-refractivity contribution in [3.05, 3.63) is 42.1 Å².